The van der Waals surface area contributed by atoms with Crippen LogP contribution < -0.4 is 5.32 Å². The van der Waals surface area contributed by atoms with Gasteiger partial charge < -0.3 is 10.1 Å². The van der Waals surface area contributed by atoms with E-state index in [0.717, 1.165) is 43.6 Å². The molecule has 1 N–H and O–H groups in total. The molecule has 0 bridgehead atoms. The fourth-order valence-electron chi connectivity index (χ4n) is 2.76. The quantitative estimate of drug-likeness (QED) is 0.857. The van der Waals surface area contributed by atoms with E-state index in [2.05, 4.69) is 18.3 Å². The van der Waals surface area contributed by atoms with Crippen LogP contribution in [0.25, 0.3) is 0 Å². The van der Waals surface area contributed by atoms with Gasteiger partial charge in [0.25, 0.3) is 0 Å². The summed E-state index contributed by atoms with van der Waals surface area (Å²) in [5, 5.41) is 12.3. The molecule has 0 aromatic rings. The fraction of sp³-hybridized carbons (Fsp3) is 0.857. The molecule has 0 radical (unpaired) electrons. The van der Waals surface area contributed by atoms with Crippen molar-refractivity contribution in [1.29, 1.82) is 5.26 Å². The first-order valence-electron chi connectivity index (χ1n) is 7.12. The van der Waals surface area contributed by atoms with Gasteiger partial charge in [0.05, 0.1) is 12.2 Å². The zero-order chi connectivity index (χ0) is 13.7. The smallest absolute Gasteiger partial charge is 0.224 e. The van der Waals surface area contributed by atoms with Gasteiger partial charge in [0.2, 0.25) is 5.91 Å². The number of nitrogens with zero attached hydrogens (tertiary/aromatic N) is 1. The third kappa shape index (κ3) is 3.64. The molecule has 2 rings (SSSR count). The van der Waals surface area contributed by atoms with Crippen molar-refractivity contribution >= 4 is 17.7 Å². The summed E-state index contributed by atoms with van der Waals surface area (Å²) in [7, 11) is 0. The van der Waals surface area contributed by atoms with Crippen LogP contribution in [0.2, 0.25) is 0 Å². The molecule has 106 valence electrons. The Kier molecular flexibility index (Phi) is 5.12. The van der Waals surface area contributed by atoms with Gasteiger partial charge in [0, 0.05) is 18.3 Å². The van der Waals surface area contributed by atoms with Gasteiger partial charge in [-0.1, -0.05) is 13.3 Å². The molecular weight excluding hydrogens is 260 g/mol. The first-order chi connectivity index (χ1) is 9.19. The van der Waals surface area contributed by atoms with Crippen molar-refractivity contribution in [2.24, 2.45) is 5.92 Å². The normalized spacial score (nSPS) is 34.7. The van der Waals surface area contributed by atoms with E-state index in [1.165, 1.54) is 0 Å². The molecule has 19 heavy (non-hydrogen) atoms. The minimum atomic E-state index is -0.625. The molecular formula is C14H22N2O2S. The SMILES string of the molecule is CCC[C@@H]1C[C@@H](C(=O)N[C@@]2(C#N)CCSC2)CCO1. The zero-order valence-corrected chi connectivity index (χ0v) is 12.3. The van der Waals surface area contributed by atoms with Crippen molar-refractivity contribution in [3.8, 4) is 6.07 Å². The topological polar surface area (TPSA) is 62.1 Å². The predicted octanol–water partition coefficient (Wildman–Crippen LogP) is 2.10. The highest BCUT2D eigenvalue weighted by atomic mass is 32.2. The first-order valence-corrected chi connectivity index (χ1v) is 8.27. The molecule has 0 unspecified atom stereocenters. The summed E-state index contributed by atoms with van der Waals surface area (Å²) in [6.45, 7) is 2.80. The molecule has 5 heteroatoms. The second kappa shape index (κ2) is 6.62. The van der Waals surface area contributed by atoms with Gasteiger partial charge in [0.15, 0.2) is 0 Å². The number of thioether (sulfide) groups is 1. The highest BCUT2D eigenvalue weighted by Gasteiger charge is 2.38. The second-order valence-corrected chi connectivity index (χ2v) is 6.59. The third-order valence-electron chi connectivity index (χ3n) is 3.95. The average molecular weight is 282 g/mol. The van der Waals surface area contributed by atoms with Crippen molar-refractivity contribution in [3.05, 3.63) is 0 Å². The molecule has 0 aromatic carbocycles. The van der Waals surface area contributed by atoms with Crippen LogP contribution in [0.5, 0.6) is 0 Å². The largest absolute Gasteiger partial charge is 0.378 e. The molecule has 2 aliphatic heterocycles. The first kappa shape index (κ1) is 14.7. The Hall–Kier alpha value is -0.730. The lowest BCUT2D eigenvalue weighted by Gasteiger charge is -2.31. The maximum absolute atomic E-state index is 12.3. The van der Waals surface area contributed by atoms with E-state index in [0.29, 0.717) is 6.61 Å². The molecule has 3 atom stereocenters. The van der Waals surface area contributed by atoms with Crippen LogP contribution in [-0.2, 0) is 9.53 Å². The Balaban J connectivity index is 1.90. The lowest BCUT2D eigenvalue weighted by atomic mass is 9.91. The molecule has 0 spiro atoms. The number of hydrogen-bond donors (Lipinski definition) is 1. The van der Waals surface area contributed by atoms with Gasteiger partial charge in [-0.05, 0) is 31.4 Å². The van der Waals surface area contributed by atoms with Crippen LogP contribution in [0.4, 0.5) is 0 Å². The van der Waals surface area contributed by atoms with Crippen LogP contribution in [0.1, 0.15) is 39.0 Å². The van der Waals surface area contributed by atoms with Gasteiger partial charge >= 0.3 is 0 Å². The Bertz CT molecular complexity index is 359. The molecule has 1 amide bonds. The minimum Gasteiger partial charge on any atom is -0.378 e. The number of nitriles is 1. The molecule has 4 nitrogen and oxygen atoms in total. The fourth-order valence-corrected chi connectivity index (χ4v) is 4.03. The highest BCUT2D eigenvalue weighted by Crippen LogP contribution is 2.29. The van der Waals surface area contributed by atoms with Gasteiger partial charge in [-0.2, -0.15) is 17.0 Å². The monoisotopic (exact) mass is 282 g/mol. The Morgan fingerprint density at radius 3 is 3.11 bits per heavy atom. The molecule has 2 aliphatic rings. The van der Waals surface area contributed by atoms with Crippen LogP contribution >= 0.6 is 11.8 Å². The molecule has 0 aromatic heterocycles. The van der Waals surface area contributed by atoms with Crippen LogP contribution in [-0.4, -0.2) is 35.7 Å². The number of carbonyl (C=O) groups is 1. The summed E-state index contributed by atoms with van der Waals surface area (Å²) < 4.78 is 5.67. The van der Waals surface area contributed by atoms with Crippen molar-refractivity contribution in [2.75, 3.05) is 18.1 Å². The van der Waals surface area contributed by atoms with Crippen molar-refractivity contribution in [2.45, 2.75) is 50.7 Å². The summed E-state index contributed by atoms with van der Waals surface area (Å²) in [6, 6.07) is 2.30. The lowest BCUT2D eigenvalue weighted by Crippen LogP contribution is -2.50. The summed E-state index contributed by atoms with van der Waals surface area (Å²) in [5.74, 6) is 1.74. The number of amides is 1. The van der Waals surface area contributed by atoms with Gasteiger partial charge in [-0.15, -0.1) is 0 Å². The van der Waals surface area contributed by atoms with Crippen LogP contribution in [0.3, 0.4) is 0 Å². The number of carbonyl (C=O) groups excluding carboxylic acids is 1. The Morgan fingerprint density at radius 2 is 2.47 bits per heavy atom. The lowest BCUT2D eigenvalue weighted by molar-refractivity contribution is -0.131. The highest BCUT2D eigenvalue weighted by molar-refractivity contribution is 7.99. The van der Waals surface area contributed by atoms with Gasteiger partial charge in [-0.25, -0.2) is 0 Å². The van der Waals surface area contributed by atoms with Crippen LogP contribution in [0.15, 0.2) is 0 Å². The van der Waals surface area contributed by atoms with E-state index in [1.54, 1.807) is 11.8 Å². The number of ether oxygens (including phenoxy) is 1. The maximum atomic E-state index is 12.3. The average Bonchev–Trinajstić information content (AvgIpc) is 2.88. The van der Waals surface area contributed by atoms with Gasteiger partial charge in [-0.3, -0.25) is 4.79 Å². The van der Waals surface area contributed by atoms with Crippen molar-refractivity contribution in [3.63, 3.8) is 0 Å². The predicted molar refractivity (Wildman–Crippen MR) is 75.8 cm³/mol. The third-order valence-corrected chi connectivity index (χ3v) is 5.14. The van der Waals surface area contributed by atoms with Gasteiger partial charge in [0.1, 0.15) is 5.54 Å². The maximum Gasteiger partial charge on any atom is 0.224 e. The van der Waals surface area contributed by atoms with E-state index in [-0.39, 0.29) is 17.9 Å². The van der Waals surface area contributed by atoms with E-state index < -0.39 is 5.54 Å². The van der Waals surface area contributed by atoms with Crippen LogP contribution in [0, 0.1) is 17.2 Å². The van der Waals surface area contributed by atoms with Crippen molar-refractivity contribution in [1.82, 2.24) is 5.32 Å². The minimum absolute atomic E-state index is 0.0149. The molecule has 0 aliphatic carbocycles. The summed E-state index contributed by atoms with van der Waals surface area (Å²) in [6.07, 6.45) is 4.66. The Labute approximate surface area is 119 Å². The summed E-state index contributed by atoms with van der Waals surface area (Å²) >= 11 is 1.74. The summed E-state index contributed by atoms with van der Waals surface area (Å²) in [4.78, 5) is 12.3. The number of hydrogen-bond acceptors (Lipinski definition) is 4. The summed E-state index contributed by atoms with van der Waals surface area (Å²) in [5.41, 5.74) is -0.625. The Morgan fingerprint density at radius 1 is 1.63 bits per heavy atom. The molecule has 2 fully saturated rings. The number of nitrogens with one attached hydrogen (secondary N) is 1. The van der Waals surface area contributed by atoms with E-state index >= 15 is 0 Å². The second-order valence-electron chi connectivity index (χ2n) is 5.49. The molecule has 0 saturated carbocycles. The molecule has 2 heterocycles. The van der Waals surface area contributed by atoms with E-state index in [9.17, 15) is 10.1 Å². The van der Waals surface area contributed by atoms with E-state index in [4.69, 9.17) is 4.74 Å². The zero-order valence-electron chi connectivity index (χ0n) is 11.5. The molecule has 2 saturated heterocycles. The standard InChI is InChI=1S/C14H22N2O2S/c1-2-3-12-8-11(4-6-18-12)13(17)16-14(9-15)5-7-19-10-14/h11-12H,2-8,10H2,1H3,(H,16,17)/t11-,12+,14+/m0/s1. The van der Waals surface area contributed by atoms with Crippen molar-refractivity contribution < 1.29 is 9.53 Å². The number of rotatable bonds is 4. The van der Waals surface area contributed by atoms with E-state index in [1.807, 2.05) is 0 Å².